The van der Waals surface area contributed by atoms with Crippen molar-refractivity contribution in [2.45, 2.75) is 78.0 Å². The third kappa shape index (κ3) is 16.9. The van der Waals surface area contributed by atoms with Gasteiger partial charge in [-0.15, -0.1) is 22.7 Å². The van der Waals surface area contributed by atoms with Gasteiger partial charge < -0.3 is 10.0 Å². The molecule has 8 heteroatoms. The summed E-state index contributed by atoms with van der Waals surface area (Å²) >= 11 is 6.20. The molecule has 2 rings (SSSR count). The molecule has 30 heavy (non-hydrogen) atoms. The third-order valence-corrected chi connectivity index (χ3v) is 6.65. The van der Waals surface area contributed by atoms with Crippen molar-refractivity contribution in [2.24, 2.45) is 0 Å². The zero-order chi connectivity index (χ0) is 22.6. The summed E-state index contributed by atoms with van der Waals surface area (Å²) in [6, 6.07) is 3.79. The van der Waals surface area contributed by atoms with Gasteiger partial charge in [0.05, 0.1) is 9.75 Å². The summed E-state index contributed by atoms with van der Waals surface area (Å²) in [6.07, 6.45) is 13.0. The summed E-state index contributed by atoms with van der Waals surface area (Å²) in [5.74, 6) is 0. The number of halogens is 1. The van der Waals surface area contributed by atoms with E-state index in [2.05, 4.69) is 35.2 Å². The average molecular weight is 517 g/mol. The molecule has 4 nitrogen and oxygen atoms in total. The third-order valence-electron chi connectivity index (χ3n) is 4.13. The predicted octanol–water partition coefficient (Wildman–Crippen LogP) is 7.05. The van der Waals surface area contributed by atoms with Crippen LogP contribution in [-0.4, -0.2) is 29.7 Å². The number of rotatable bonds is 12. The van der Waals surface area contributed by atoms with Crippen LogP contribution >= 0.6 is 38.6 Å². The Morgan fingerprint density at radius 3 is 1.87 bits per heavy atom. The summed E-state index contributed by atoms with van der Waals surface area (Å²) in [7, 11) is -1.10. The number of thiophene rings is 2. The Morgan fingerprint density at radius 2 is 1.43 bits per heavy atom. The van der Waals surface area contributed by atoms with Gasteiger partial charge in [0.1, 0.15) is 0 Å². The van der Waals surface area contributed by atoms with E-state index in [9.17, 15) is 9.59 Å². The molecule has 0 fully saturated rings. The number of aldehydes is 2. The SMILES string of the molecule is CCCCCCB(O)O.CCCCCCc1csc(C=O)c1.O=Cc1cc(Br)cs1. The molecule has 168 valence electrons. The number of aryl methyl sites for hydroxylation is 1. The summed E-state index contributed by atoms with van der Waals surface area (Å²) in [5.41, 5.74) is 1.32. The monoisotopic (exact) mass is 516 g/mol. The second-order valence-electron chi connectivity index (χ2n) is 6.90. The Bertz CT molecular complexity index is 674. The number of hydrogen-bond acceptors (Lipinski definition) is 6. The van der Waals surface area contributed by atoms with Crippen molar-refractivity contribution in [3.8, 4) is 0 Å². The fourth-order valence-corrected chi connectivity index (χ4v) is 4.48. The van der Waals surface area contributed by atoms with E-state index in [4.69, 9.17) is 10.0 Å². The molecule has 0 aliphatic heterocycles. The van der Waals surface area contributed by atoms with Gasteiger partial charge in [0.2, 0.25) is 0 Å². The molecular weight excluding hydrogens is 483 g/mol. The van der Waals surface area contributed by atoms with Crippen LogP contribution in [0.2, 0.25) is 6.32 Å². The first-order valence-corrected chi connectivity index (χ1v) is 13.1. The smallest absolute Gasteiger partial charge is 0.427 e. The van der Waals surface area contributed by atoms with Gasteiger partial charge in [0.15, 0.2) is 12.6 Å². The van der Waals surface area contributed by atoms with E-state index in [0.717, 1.165) is 46.1 Å². The Balaban J connectivity index is 0.000000438. The topological polar surface area (TPSA) is 74.6 Å². The van der Waals surface area contributed by atoms with E-state index in [-0.39, 0.29) is 0 Å². The van der Waals surface area contributed by atoms with E-state index >= 15 is 0 Å². The quantitative estimate of drug-likeness (QED) is 0.180. The van der Waals surface area contributed by atoms with Crippen molar-refractivity contribution in [3.63, 3.8) is 0 Å². The van der Waals surface area contributed by atoms with Gasteiger partial charge in [-0.25, -0.2) is 0 Å². The highest BCUT2D eigenvalue weighted by atomic mass is 79.9. The van der Waals surface area contributed by atoms with Crippen LogP contribution < -0.4 is 0 Å². The van der Waals surface area contributed by atoms with E-state index in [1.165, 1.54) is 55.4 Å². The molecule has 2 aromatic heterocycles. The van der Waals surface area contributed by atoms with Crippen LogP contribution in [0.5, 0.6) is 0 Å². The maximum Gasteiger partial charge on any atom is 0.451 e. The zero-order valence-electron chi connectivity index (χ0n) is 18.0. The largest absolute Gasteiger partial charge is 0.451 e. The van der Waals surface area contributed by atoms with Crippen LogP contribution in [0.25, 0.3) is 0 Å². The molecule has 0 amide bonds. The summed E-state index contributed by atoms with van der Waals surface area (Å²) in [6.45, 7) is 4.35. The minimum absolute atomic E-state index is 0.528. The Hall–Kier alpha value is -0.795. The molecular formula is C22H34BBrO4S2. The molecule has 0 atom stereocenters. The van der Waals surface area contributed by atoms with Gasteiger partial charge in [0, 0.05) is 9.85 Å². The van der Waals surface area contributed by atoms with Crippen LogP contribution in [-0.2, 0) is 6.42 Å². The molecule has 0 aliphatic carbocycles. The van der Waals surface area contributed by atoms with Crippen LogP contribution in [0.1, 0.15) is 90.1 Å². The predicted molar refractivity (Wildman–Crippen MR) is 134 cm³/mol. The first kappa shape index (κ1) is 29.2. The van der Waals surface area contributed by atoms with Crippen molar-refractivity contribution in [1.82, 2.24) is 0 Å². The van der Waals surface area contributed by atoms with Gasteiger partial charge in [-0.05, 0) is 58.2 Å². The Morgan fingerprint density at radius 1 is 0.867 bits per heavy atom. The second-order valence-corrected chi connectivity index (χ2v) is 9.70. The van der Waals surface area contributed by atoms with Crippen molar-refractivity contribution in [3.05, 3.63) is 42.7 Å². The number of carbonyl (C=O) groups is 2. The normalized spacial score (nSPS) is 9.77. The van der Waals surface area contributed by atoms with E-state index in [1.54, 1.807) is 17.4 Å². The standard InChI is InChI=1S/C11H16OS.C6H15BO2.C5H3BrOS/c1-2-3-4-5-6-10-7-11(8-12)13-9-10;1-2-3-4-5-6-7(8)9;6-4-1-5(2-7)8-3-4/h7-9H,2-6H2,1H3;8-9H,2-6H2,1H3;1-3H. The lowest BCUT2D eigenvalue weighted by atomic mass is 9.83. The Labute approximate surface area is 198 Å². The van der Waals surface area contributed by atoms with E-state index in [0.29, 0.717) is 6.32 Å². The van der Waals surface area contributed by atoms with Crippen molar-refractivity contribution >= 4 is 58.3 Å². The lowest BCUT2D eigenvalue weighted by molar-refractivity contribution is 0.111. The van der Waals surface area contributed by atoms with Crippen LogP contribution in [0.4, 0.5) is 0 Å². The molecule has 0 bridgehead atoms. The average Bonchev–Trinajstić information content (AvgIpc) is 3.38. The number of carbonyl (C=O) groups excluding carboxylic acids is 2. The molecule has 0 aromatic carbocycles. The van der Waals surface area contributed by atoms with E-state index < -0.39 is 7.12 Å². The highest BCUT2D eigenvalue weighted by Gasteiger charge is 2.03. The maximum atomic E-state index is 10.4. The van der Waals surface area contributed by atoms with Crippen molar-refractivity contribution < 1.29 is 19.6 Å². The molecule has 0 saturated carbocycles. The molecule has 0 saturated heterocycles. The lowest BCUT2D eigenvalue weighted by Gasteiger charge is -1.96. The van der Waals surface area contributed by atoms with Crippen molar-refractivity contribution in [1.29, 1.82) is 0 Å². The van der Waals surface area contributed by atoms with Gasteiger partial charge >= 0.3 is 7.12 Å². The van der Waals surface area contributed by atoms with Crippen LogP contribution in [0, 0.1) is 0 Å². The highest BCUT2D eigenvalue weighted by Crippen LogP contribution is 2.17. The first-order chi connectivity index (χ1) is 14.5. The number of hydrogen-bond donors (Lipinski definition) is 2. The van der Waals surface area contributed by atoms with Gasteiger partial charge in [-0.1, -0.05) is 58.8 Å². The lowest BCUT2D eigenvalue weighted by Crippen LogP contribution is -2.09. The molecule has 0 unspecified atom stereocenters. The molecule has 0 aliphatic rings. The fourth-order valence-electron chi connectivity index (χ4n) is 2.49. The minimum atomic E-state index is -1.10. The van der Waals surface area contributed by atoms with Crippen LogP contribution in [0.15, 0.2) is 27.4 Å². The summed E-state index contributed by atoms with van der Waals surface area (Å²) in [5, 5.41) is 20.8. The highest BCUT2D eigenvalue weighted by molar-refractivity contribution is 9.10. The van der Waals surface area contributed by atoms with Crippen LogP contribution in [0.3, 0.4) is 0 Å². The summed E-state index contributed by atoms with van der Waals surface area (Å²) < 4.78 is 0.976. The van der Waals surface area contributed by atoms with Gasteiger partial charge in [0.25, 0.3) is 0 Å². The van der Waals surface area contributed by atoms with Gasteiger partial charge in [-0.3, -0.25) is 9.59 Å². The molecule has 0 radical (unpaired) electrons. The Kier molecular flexibility index (Phi) is 19.6. The van der Waals surface area contributed by atoms with Gasteiger partial charge in [-0.2, -0.15) is 0 Å². The molecule has 0 spiro atoms. The van der Waals surface area contributed by atoms with E-state index in [1.807, 2.05) is 11.4 Å². The second kappa shape index (κ2) is 20.1. The summed E-state index contributed by atoms with van der Waals surface area (Å²) in [4.78, 5) is 22.0. The first-order valence-electron chi connectivity index (χ1n) is 10.5. The molecule has 2 aromatic rings. The minimum Gasteiger partial charge on any atom is -0.427 e. The molecule has 2 N–H and O–H groups in total. The molecule has 2 heterocycles. The fraction of sp³-hybridized carbons (Fsp3) is 0.545. The maximum absolute atomic E-state index is 10.4. The van der Waals surface area contributed by atoms with Crippen molar-refractivity contribution in [2.75, 3.05) is 0 Å². The zero-order valence-corrected chi connectivity index (χ0v) is 21.2. The number of unbranched alkanes of at least 4 members (excludes halogenated alkanes) is 6.